The zero-order valence-electron chi connectivity index (χ0n) is 17.7. The number of benzene rings is 1. The molecule has 10 heteroatoms. The maximum atomic E-state index is 13.0. The molecule has 2 heterocycles. The number of nitrogens with zero attached hydrogens (tertiary/aromatic N) is 2. The number of urea groups is 1. The van der Waals surface area contributed by atoms with Gasteiger partial charge in [-0.2, -0.15) is 0 Å². The van der Waals surface area contributed by atoms with E-state index in [0.29, 0.717) is 49.7 Å². The highest BCUT2D eigenvalue weighted by molar-refractivity contribution is 5.94. The first-order valence-electron chi connectivity index (χ1n) is 10.3. The van der Waals surface area contributed by atoms with E-state index in [0.717, 1.165) is 0 Å². The summed E-state index contributed by atoms with van der Waals surface area (Å²) in [5.41, 5.74) is 1.54. The quantitative estimate of drug-likeness (QED) is 0.552. The molecule has 0 radical (unpaired) electrons. The predicted octanol–water partition coefficient (Wildman–Crippen LogP) is 0.900. The van der Waals surface area contributed by atoms with Crippen LogP contribution in [-0.2, 0) is 14.3 Å². The predicted molar refractivity (Wildman–Crippen MR) is 113 cm³/mol. The Hall–Kier alpha value is -2.98. The zero-order chi connectivity index (χ0) is 22.4. The van der Waals surface area contributed by atoms with E-state index >= 15 is 0 Å². The van der Waals surface area contributed by atoms with E-state index in [1.165, 1.54) is 24.3 Å². The van der Waals surface area contributed by atoms with Crippen LogP contribution in [0, 0.1) is 5.82 Å². The third-order valence-corrected chi connectivity index (χ3v) is 5.21. The van der Waals surface area contributed by atoms with Gasteiger partial charge in [-0.1, -0.05) is 0 Å². The van der Waals surface area contributed by atoms with Crippen LogP contribution in [0.5, 0.6) is 0 Å². The van der Waals surface area contributed by atoms with Crippen molar-refractivity contribution < 1.29 is 23.5 Å². The van der Waals surface area contributed by atoms with E-state index in [9.17, 15) is 18.8 Å². The highest BCUT2D eigenvalue weighted by Crippen LogP contribution is 2.16. The SMILES string of the molecule is CCOC(=O)C1=C(CN2CCN(CC(=O)Nc3ccc(F)cc3)CC2)NC(=O)NC1C. The number of piperazine rings is 1. The largest absolute Gasteiger partial charge is 0.463 e. The lowest BCUT2D eigenvalue weighted by Gasteiger charge is -2.36. The summed E-state index contributed by atoms with van der Waals surface area (Å²) in [4.78, 5) is 40.6. The lowest BCUT2D eigenvalue weighted by atomic mass is 10.0. The van der Waals surface area contributed by atoms with Crippen molar-refractivity contribution in [3.8, 4) is 0 Å². The Balaban J connectivity index is 1.53. The van der Waals surface area contributed by atoms with Crippen molar-refractivity contribution in [2.24, 2.45) is 0 Å². The summed E-state index contributed by atoms with van der Waals surface area (Å²) < 4.78 is 18.1. The Kier molecular flexibility index (Phi) is 7.59. The van der Waals surface area contributed by atoms with Crippen molar-refractivity contribution in [2.45, 2.75) is 19.9 Å². The van der Waals surface area contributed by atoms with E-state index in [1.54, 1.807) is 13.8 Å². The van der Waals surface area contributed by atoms with Gasteiger partial charge in [-0.3, -0.25) is 14.6 Å². The van der Waals surface area contributed by atoms with Gasteiger partial charge in [0.2, 0.25) is 5.91 Å². The van der Waals surface area contributed by atoms with Crippen LogP contribution in [-0.4, -0.2) is 79.6 Å². The highest BCUT2D eigenvalue weighted by Gasteiger charge is 2.31. The van der Waals surface area contributed by atoms with E-state index < -0.39 is 12.0 Å². The van der Waals surface area contributed by atoms with Crippen LogP contribution in [0.4, 0.5) is 14.9 Å². The van der Waals surface area contributed by atoms with Crippen molar-refractivity contribution in [3.05, 3.63) is 41.4 Å². The number of anilines is 1. The number of amides is 3. The van der Waals surface area contributed by atoms with Gasteiger partial charge >= 0.3 is 12.0 Å². The van der Waals surface area contributed by atoms with Gasteiger partial charge in [0, 0.05) is 44.1 Å². The maximum Gasteiger partial charge on any atom is 0.337 e. The Labute approximate surface area is 180 Å². The second kappa shape index (κ2) is 10.4. The van der Waals surface area contributed by atoms with Crippen molar-refractivity contribution in [1.82, 2.24) is 20.4 Å². The van der Waals surface area contributed by atoms with Gasteiger partial charge in [0.05, 0.1) is 24.8 Å². The monoisotopic (exact) mass is 433 g/mol. The Morgan fingerprint density at radius 3 is 2.45 bits per heavy atom. The van der Waals surface area contributed by atoms with Crippen LogP contribution < -0.4 is 16.0 Å². The highest BCUT2D eigenvalue weighted by atomic mass is 19.1. The minimum atomic E-state index is -0.436. The normalized spacial score (nSPS) is 20.1. The average molecular weight is 433 g/mol. The molecule has 1 unspecified atom stereocenters. The van der Waals surface area contributed by atoms with Gasteiger partial charge in [0.1, 0.15) is 5.82 Å². The van der Waals surface area contributed by atoms with Crippen LogP contribution >= 0.6 is 0 Å². The summed E-state index contributed by atoms with van der Waals surface area (Å²) in [6.07, 6.45) is 0. The van der Waals surface area contributed by atoms with E-state index in [4.69, 9.17) is 4.74 Å². The van der Waals surface area contributed by atoms with Gasteiger partial charge in [-0.15, -0.1) is 0 Å². The lowest BCUT2D eigenvalue weighted by Crippen LogP contribution is -2.53. The fourth-order valence-electron chi connectivity index (χ4n) is 3.67. The van der Waals surface area contributed by atoms with Crippen molar-refractivity contribution in [3.63, 3.8) is 0 Å². The third kappa shape index (κ3) is 6.25. The number of esters is 1. The summed E-state index contributed by atoms with van der Waals surface area (Å²) >= 11 is 0. The molecule has 2 aliphatic rings. The number of carbonyl (C=O) groups is 3. The summed E-state index contributed by atoms with van der Waals surface area (Å²) in [5.74, 6) is -0.949. The molecule has 3 amide bonds. The van der Waals surface area contributed by atoms with Crippen molar-refractivity contribution in [1.29, 1.82) is 0 Å². The molecule has 0 aromatic heterocycles. The first kappa shape index (κ1) is 22.7. The lowest BCUT2D eigenvalue weighted by molar-refractivity contribution is -0.139. The summed E-state index contributed by atoms with van der Waals surface area (Å²) in [5, 5.41) is 8.19. The zero-order valence-corrected chi connectivity index (χ0v) is 17.7. The summed E-state index contributed by atoms with van der Waals surface area (Å²) in [6.45, 7) is 7.10. The first-order chi connectivity index (χ1) is 14.9. The van der Waals surface area contributed by atoms with Crippen LogP contribution in [0.15, 0.2) is 35.5 Å². The smallest absolute Gasteiger partial charge is 0.337 e. The standard InChI is InChI=1S/C21H28FN5O4/c1-3-31-20(29)19-14(2)23-21(30)25-17(19)12-26-8-10-27(11-9-26)13-18(28)24-16-6-4-15(22)5-7-16/h4-7,14H,3,8-13H2,1-2H3,(H,24,28)(H2,23,25,30). The number of carbonyl (C=O) groups excluding carboxylic acids is 3. The number of hydrogen-bond donors (Lipinski definition) is 3. The molecule has 31 heavy (non-hydrogen) atoms. The molecule has 0 aliphatic carbocycles. The molecular formula is C21H28FN5O4. The Bertz CT molecular complexity index is 850. The van der Waals surface area contributed by atoms with Crippen LogP contribution in [0.1, 0.15) is 13.8 Å². The number of halogens is 1. The van der Waals surface area contributed by atoms with Crippen LogP contribution in [0.3, 0.4) is 0 Å². The van der Waals surface area contributed by atoms with Crippen LogP contribution in [0.2, 0.25) is 0 Å². The molecule has 0 spiro atoms. The number of nitrogens with one attached hydrogen (secondary N) is 3. The minimum Gasteiger partial charge on any atom is -0.463 e. The molecule has 1 fully saturated rings. The Morgan fingerprint density at radius 1 is 1.16 bits per heavy atom. The molecule has 1 atom stereocenters. The molecule has 3 N–H and O–H groups in total. The first-order valence-corrected chi connectivity index (χ1v) is 10.3. The second-order valence-electron chi connectivity index (χ2n) is 7.54. The second-order valence-corrected chi connectivity index (χ2v) is 7.54. The molecule has 3 rings (SSSR count). The van der Waals surface area contributed by atoms with E-state index in [2.05, 4.69) is 20.9 Å². The van der Waals surface area contributed by atoms with Gasteiger partial charge in [0.25, 0.3) is 0 Å². The molecule has 9 nitrogen and oxygen atoms in total. The van der Waals surface area contributed by atoms with Crippen molar-refractivity contribution in [2.75, 3.05) is 51.2 Å². The van der Waals surface area contributed by atoms with E-state index in [-0.39, 0.29) is 30.9 Å². The third-order valence-electron chi connectivity index (χ3n) is 5.21. The van der Waals surface area contributed by atoms with Gasteiger partial charge in [-0.25, -0.2) is 14.0 Å². The average Bonchev–Trinajstić information content (AvgIpc) is 2.71. The molecule has 0 saturated carbocycles. The van der Waals surface area contributed by atoms with Gasteiger partial charge in [0.15, 0.2) is 0 Å². The minimum absolute atomic E-state index is 0.160. The molecule has 1 aromatic carbocycles. The topological polar surface area (TPSA) is 103 Å². The summed E-state index contributed by atoms with van der Waals surface area (Å²) in [6, 6.07) is 4.87. The number of hydrogen-bond acceptors (Lipinski definition) is 6. The van der Waals surface area contributed by atoms with Crippen LogP contribution in [0.25, 0.3) is 0 Å². The Morgan fingerprint density at radius 2 is 1.81 bits per heavy atom. The molecule has 168 valence electrons. The molecule has 0 bridgehead atoms. The number of rotatable bonds is 7. The summed E-state index contributed by atoms with van der Waals surface area (Å²) in [7, 11) is 0. The fourth-order valence-corrected chi connectivity index (χ4v) is 3.67. The fraction of sp³-hybridized carbons (Fsp3) is 0.476. The maximum absolute atomic E-state index is 13.0. The molecule has 1 aromatic rings. The van der Waals surface area contributed by atoms with E-state index in [1.807, 2.05) is 4.90 Å². The molecular weight excluding hydrogens is 405 g/mol. The number of ether oxygens (including phenoxy) is 1. The van der Waals surface area contributed by atoms with Crippen molar-refractivity contribution >= 4 is 23.6 Å². The molecule has 1 saturated heterocycles. The van der Waals surface area contributed by atoms with Gasteiger partial charge in [-0.05, 0) is 38.1 Å². The van der Waals surface area contributed by atoms with Gasteiger partial charge < -0.3 is 20.7 Å². The molecule has 2 aliphatic heterocycles.